The largest absolute Gasteiger partial charge is 0.496 e. The molecule has 0 aliphatic carbocycles. The van der Waals surface area contributed by atoms with Crippen LogP contribution in [0, 0.1) is 0 Å². The number of fused-ring (bicyclic) bond motifs is 1. The van der Waals surface area contributed by atoms with Gasteiger partial charge < -0.3 is 25.0 Å². The standard InChI is InChI=1S/C21H23N3O4/c1-27-17-8-4-2-6-14(17)16-13-22-10-11-24(16)20(25)12-19-21(26)23-15-7-3-5-9-18(15)28-19/h2-9,16,19,22H,10-13H2,1H3,(H,23,26). The van der Waals surface area contributed by atoms with Gasteiger partial charge in [-0.3, -0.25) is 9.59 Å². The minimum atomic E-state index is -0.837. The van der Waals surface area contributed by atoms with Gasteiger partial charge in [0.1, 0.15) is 11.5 Å². The number of piperazine rings is 1. The Morgan fingerprint density at radius 1 is 1.21 bits per heavy atom. The Balaban J connectivity index is 1.52. The summed E-state index contributed by atoms with van der Waals surface area (Å²) in [5, 5.41) is 6.15. The lowest BCUT2D eigenvalue weighted by molar-refractivity contribution is -0.139. The highest BCUT2D eigenvalue weighted by atomic mass is 16.5. The van der Waals surface area contributed by atoms with Crippen LogP contribution in [-0.4, -0.2) is 49.6 Å². The minimum Gasteiger partial charge on any atom is -0.496 e. The SMILES string of the molecule is COc1ccccc1C1CNCCN1C(=O)CC1Oc2ccccc2NC1=O. The van der Waals surface area contributed by atoms with Gasteiger partial charge in [-0.25, -0.2) is 0 Å². The molecule has 0 aromatic heterocycles. The van der Waals surface area contributed by atoms with Gasteiger partial charge in [-0.05, 0) is 18.2 Å². The molecule has 2 atom stereocenters. The second kappa shape index (κ2) is 7.90. The van der Waals surface area contributed by atoms with Gasteiger partial charge in [0.25, 0.3) is 5.91 Å². The number of carbonyl (C=O) groups is 2. The highest BCUT2D eigenvalue weighted by molar-refractivity contribution is 6.00. The van der Waals surface area contributed by atoms with Crippen molar-refractivity contribution in [1.29, 1.82) is 0 Å². The molecular formula is C21H23N3O4. The fourth-order valence-electron chi connectivity index (χ4n) is 3.73. The molecule has 28 heavy (non-hydrogen) atoms. The van der Waals surface area contributed by atoms with Crippen LogP contribution in [0.15, 0.2) is 48.5 Å². The third-order valence-corrected chi connectivity index (χ3v) is 5.13. The average molecular weight is 381 g/mol. The number of nitrogens with one attached hydrogen (secondary N) is 2. The van der Waals surface area contributed by atoms with Gasteiger partial charge in [-0.2, -0.15) is 0 Å². The predicted octanol–water partition coefficient (Wildman–Crippen LogP) is 1.96. The number of ether oxygens (including phenoxy) is 2. The number of methoxy groups -OCH3 is 1. The van der Waals surface area contributed by atoms with Crippen LogP contribution in [0.4, 0.5) is 5.69 Å². The van der Waals surface area contributed by atoms with E-state index in [0.29, 0.717) is 31.1 Å². The van der Waals surface area contributed by atoms with E-state index in [2.05, 4.69) is 10.6 Å². The summed E-state index contributed by atoms with van der Waals surface area (Å²) in [5.74, 6) is 0.920. The molecule has 0 saturated carbocycles. The van der Waals surface area contributed by atoms with E-state index >= 15 is 0 Å². The number of hydrogen-bond donors (Lipinski definition) is 2. The van der Waals surface area contributed by atoms with Gasteiger partial charge in [-0.15, -0.1) is 0 Å². The summed E-state index contributed by atoms with van der Waals surface area (Å²) in [5.41, 5.74) is 1.58. The zero-order valence-corrected chi connectivity index (χ0v) is 15.7. The van der Waals surface area contributed by atoms with E-state index < -0.39 is 6.10 Å². The molecule has 4 rings (SSSR count). The summed E-state index contributed by atoms with van der Waals surface area (Å²) in [6.45, 7) is 1.90. The van der Waals surface area contributed by atoms with Crippen LogP contribution < -0.4 is 20.1 Å². The highest BCUT2D eigenvalue weighted by Gasteiger charge is 2.35. The summed E-state index contributed by atoms with van der Waals surface area (Å²) in [6, 6.07) is 14.8. The summed E-state index contributed by atoms with van der Waals surface area (Å²) < 4.78 is 11.3. The molecule has 7 heteroatoms. The molecule has 2 amide bonds. The lowest BCUT2D eigenvalue weighted by Crippen LogP contribution is -2.50. The van der Waals surface area contributed by atoms with Crippen LogP contribution in [0.5, 0.6) is 11.5 Å². The number of hydrogen-bond acceptors (Lipinski definition) is 5. The van der Waals surface area contributed by atoms with Crippen LogP contribution in [0.25, 0.3) is 0 Å². The monoisotopic (exact) mass is 381 g/mol. The molecule has 2 unspecified atom stereocenters. The van der Waals surface area contributed by atoms with Gasteiger partial charge in [0, 0.05) is 25.2 Å². The molecule has 0 spiro atoms. The first-order chi connectivity index (χ1) is 13.7. The van der Waals surface area contributed by atoms with E-state index in [0.717, 1.165) is 11.3 Å². The lowest BCUT2D eigenvalue weighted by atomic mass is 10.0. The van der Waals surface area contributed by atoms with Gasteiger partial charge in [0.15, 0.2) is 6.10 Å². The molecule has 146 valence electrons. The van der Waals surface area contributed by atoms with Crippen LogP contribution in [-0.2, 0) is 9.59 Å². The van der Waals surface area contributed by atoms with Crippen molar-refractivity contribution >= 4 is 17.5 Å². The summed E-state index contributed by atoms with van der Waals surface area (Å²) in [4.78, 5) is 27.3. The molecule has 1 fully saturated rings. The molecule has 0 bridgehead atoms. The zero-order valence-electron chi connectivity index (χ0n) is 15.7. The predicted molar refractivity (Wildman–Crippen MR) is 104 cm³/mol. The molecule has 2 aliphatic rings. The third kappa shape index (κ3) is 3.53. The van der Waals surface area contributed by atoms with Crippen molar-refractivity contribution in [2.75, 3.05) is 32.1 Å². The Bertz CT molecular complexity index is 885. The molecule has 0 radical (unpaired) electrons. The van der Waals surface area contributed by atoms with E-state index in [1.54, 1.807) is 19.2 Å². The van der Waals surface area contributed by atoms with E-state index in [1.165, 1.54) is 0 Å². The van der Waals surface area contributed by atoms with Gasteiger partial charge in [-0.1, -0.05) is 30.3 Å². The van der Waals surface area contributed by atoms with Crippen molar-refractivity contribution in [2.24, 2.45) is 0 Å². The molecule has 2 N–H and O–H groups in total. The lowest BCUT2D eigenvalue weighted by Gasteiger charge is -2.38. The fraction of sp³-hybridized carbons (Fsp3) is 0.333. The summed E-state index contributed by atoms with van der Waals surface area (Å²) in [6.07, 6.45) is -0.846. The van der Waals surface area contributed by atoms with Crippen LogP contribution in [0.3, 0.4) is 0 Å². The van der Waals surface area contributed by atoms with Crippen molar-refractivity contribution in [1.82, 2.24) is 10.2 Å². The third-order valence-electron chi connectivity index (χ3n) is 5.13. The average Bonchev–Trinajstić information content (AvgIpc) is 2.74. The first kappa shape index (κ1) is 18.3. The number of anilines is 1. The second-order valence-corrected chi connectivity index (χ2v) is 6.85. The van der Waals surface area contributed by atoms with Crippen molar-refractivity contribution in [3.63, 3.8) is 0 Å². The van der Waals surface area contributed by atoms with Crippen molar-refractivity contribution in [3.05, 3.63) is 54.1 Å². The van der Waals surface area contributed by atoms with E-state index in [4.69, 9.17) is 9.47 Å². The van der Waals surface area contributed by atoms with Gasteiger partial charge >= 0.3 is 0 Å². The second-order valence-electron chi connectivity index (χ2n) is 6.85. The number of carbonyl (C=O) groups excluding carboxylic acids is 2. The first-order valence-corrected chi connectivity index (χ1v) is 9.37. The van der Waals surface area contributed by atoms with Gasteiger partial charge in [0.05, 0.1) is 25.3 Å². The topological polar surface area (TPSA) is 79.9 Å². The molecule has 2 aliphatic heterocycles. The Morgan fingerprint density at radius 2 is 2.00 bits per heavy atom. The van der Waals surface area contributed by atoms with Crippen LogP contribution in [0.2, 0.25) is 0 Å². The summed E-state index contributed by atoms with van der Waals surface area (Å²) in [7, 11) is 1.62. The zero-order chi connectivity index (χ0) is 19.5. The molecule has 2 aromatic carbocycles. The number of rotatable bonds is 4. The maximum absolute atomic E-state index is 13.1. The fourth-order valence-corrected chi connectivity index (χ4v) is 3.73. The van der Waals surface area contributed by atoms with Crippen molar-refractivity contribution in [2.45, 2.75) is 18.6 Å². The van der Waals surface area contributed by atoms with Crippen molar-refractivity contribution < 1.29 is 19.1 Å². The summed E-state index contributed by atoms with van der Waals surface area (Å²) >= 11 is 0. The smallest absolute Gasteiger partial charge is 0.266 e. The number of amides is 2. The maximum Gasteiger partial charge on any atom is 0.266 e. The Hall–Kier alpha value is -3.06. The molecule has 7 nitrogen and oxygen atoms in total. The Labute approximate surface area is 163 Å². The molecule has 1 saturated heterocycles. The first-order valence-electron chi connectivity index (χ1n) is 9.37. The Morgan fingerprint density at radius 3 is 2.86 bits per heavy atom. The minimum absolute atomic E-state index is 0.00812. The number of para-hydroxylation sites is 3. The highest BCUT2D eigenvalue weighted by Crippen LogP contribution is 2.32. The van der Waals surface area contributed by atoms with Crippen LogP contribution in [0.1, 0.15) is 18.0 Å². The number of benzene rings is 2. The normalized spacial score (nSPS) is 21.3. The molecule has 2 aromatic rings. The van der Waals surface area contributed by atoms with E-state index in [-0.39, 0.29) is 24.3 Å². The number of nitrogens with zero attached hydrogens (tertiary/aromatic N) is 1. The molecular weight excluding hydrogens is 358 g/mol. The van der Waals surface area contributed by atoms with E-state index in [1.807, 2.05) is 41.3 Å². The molecule has 2 heterocycles. The maximum atomic E-state index is 13.1. The quantitative estimate of drug-likeness (QED) is 0.846. The van der Waals surface area contributed by atoms with Gasteiger partial charge in [0.2, 0.25) is 5.91 Å². The van der Waals surface area contributed by atoms with E-state index in [9.17, 15) is 9.59 Å². The van der Waals surface area contributed by atoms with Crippen LogP contribution >= 0.6 is 0 Å². The van der Waals surface area contributed by atoms with Crippen molar-refractivity contribution in [3.8, 4) is 11.5 Å². The Kier molecular flexibility index (Phi) is 5.16.